The summed E-state index contributed by atoms with van der Waals surface area (Å²) in [7, 11) is 0. The summed E-state index contributed by atoms with van der Waals surface area (Å²) >= 11 is 7.38. The van der Waals surface area contributed by atoms with Gasteiger partial charge in [-0.2, -0.15) is 0 Å². The molecule has 3 aromatic rings. The molecule has 3 aromatic carbocycles. The fourth-order valence-corrected chi connectivity index (χ4v) is 5.36. The van der Waals surface area contributed by atoms with Gasteiger partial charge in [-0.15, -0.1) is 0 Å². The van der Waals surface area contributed by atoms with E-state index in [4.69, 9.17) is 0 Å². The van der Waals surface area contributed by atoms with Gasteiger partial charge in [-0.1, -0.05) is 125 Å². The lowest BCUT2D eigenvalue weighted by Gasteiger charge is -2.15. The van der Waals surface area contributed by atoms with Crippen molar-refractivity contribution in [2.75, 3.05) is 0 Å². The monoisotopic (exact) mass is 574 g/mol. The van der Waals surface area contributed by atoms with Crippen molar-refractivity contribution in [3.8, 4) is 0 Å². The number of hydrogen-bond donors (Lipinski definition) is 0. The van der Waals surface area contributed by atoms with Crippen molar-refractivity contribution in [1.29, 1.82) is 0 Å². The van der Waals surface area contributed by atoms with Crippen LogP contribution in [0, 0.1) is 0 Å². The fraction of sp³-hybridized carbons (Fsp3) is 0.250. The summed E-state index contributed by atoms with van der Waals surface area (Å²) in [6.45, 7) is 4.58. The van der Waals surface area contributed by atoms with E-state index in [1.54, 1.807) is 5.57 Å². The summed E-state index contributed by atoms with van der Waals surface area (Å²) < 4.78 is 2.24. The first-order chi connectivity index (χ1) is 16.6. The highest BCUT2D eigenvalue weighted by molar-refractivity contribution is 9.10. The largest absolute Gasteiger partial charge is 0.0654 e. The molecule has 0 aromatic heterocycles. The van der Waals surface area contributed by atoms with Crippen LogP contribution in [-0.2, 0) is 0 Å². The Hall–Kier alpha value is -2.16. The van der Waals surface area contributed by atoms with Gasteiger partial charge in [0.25, 0.3) is 0 Å². The third kappa shape index (κ3) is 5.73. The molecule has 0 unspecified atom stereocenters. The van der Waals surface area contributed by atoms with Gasteiger partial charge >= 0.3 is 0 Å². The second-order valence-electron chi connectivity index (χ2n) is 8.92. The number of rotatable bonds is 9. The van der Waals surface area contributed by atoms with Crippen LogP contribution < -0.4 is 0 Å². The zero-order valence-corrected chi connectivity index (χ0v) is 23.3. The maximum absolute atomic E-state index is 3.76. The van der Waals surface area contributed by atoms with Gasteiger partial charge in [-0.25, -0.2) is 0 Å². The number of unbranched alkanes of at least 4 members (excludes halogenated alkanes) is 2. The molecule has 0 aliphatic heterocycles. The van der Waals surface area contributed by atoms with Crippen molar-refractivity contribution in [2.45, 2.75) is 52.4 Å². The smallest absolute Gasteiger partial charge is 0.0181 e. The zero-order chi connectivity index (χ0) is 23.9. The van der Waals surface area contributed by atoms with Crippen molar-refractivity contribution in [3.63, 3.8) is 0 Å². The molecule has 1 aliphatic rings. The third-order valence-corrected chi connectivity index (χ3v) is 7.47. The van der Waals surface area contributed by atoms with Crippen LogP contribution in [0.25, 0.3) is 17.2 Å². The highest BCUT2D eigenvalue weighted by Crippen LogP contribution is 2.49. The van der Waals surface area contributed by atoms with E-state index in [2.05, 4.69) is 131 Å². The van der Waals surface area contributed by atoms with Crippen LogP contribution in [0.3, 0.4) is 0 Å². The lowest BCUT2D eigenvalue weighted by Crippen LogP contribution is -1.94. The summed E-state index contributed by atoms with van der Waals surface area (Å²) in [4.78, 5) is 0. The molecule has 0 fully saturated rings. The average molecular weight is 576 g/mol. The quantitative estimate of drug-likeness (QED) is 0.238. The summed E-state index contributed by atoms with van der Waals surface area (Å²) in [6.07, 6.45) is 11.8. The Morgan fingerprint density at radius 2 is 1.35 bits per heavy atom. The van der Waals surface area contributed by atoms with Crippen LogP contribution in [0.4, 0.5) is 0 Å². The van der Waals surface area contributed by atoms with E-state index >= 15 is 0 Å². The van der Waals surface area contributed by atoms with Crippen molar-refractivity contribution < 1.29 is 0 Å². The van der Waals surface area contributed by atoms with Gasteiger partial charge in [-0.05, 0) is 88.9 Å². The lowest BCUT2D eigenvalue weighted by molar-refractivity contribution is 0.715. The molecule has 1 aliphatic carbocycles. The molecule has 174 valence electrons. The second-order valence-corrected chi connectivity index (χ2v) is 10.7. The van der Waals surface area contributed by atoms with Crippen LogP contribution in [-0.4, -0.2) is 0 Å². The standard InChI is InChI=1S/C32H32Br2/c1-3-5-12-24(13-6-4-2)32-29(20-14-23-10-8-7-9-11-23)31(25-15-17-26(33)18-16-25)28-21-19-27(34)22-30(28)32/h7-11,14-22H,3-6,12-13H2,1-2H3/b20-14+. The lowest BCUT2D eigenvalue weighted by atomic mass is 9.90. The molecule has 0 atom stereocenters. The molecule has 0 amide bonds. The molecule has 0 N–H and O–H groups in total. The first-order valence-corrected chi connectivity index (χ1v) is 14.0. The normalized spacial score (nSPS) is 13.1. The van der Waals surface area contributed by atoms with Gasteiger partial charge in [0.2, 0.25) is 0 Å². The van der Waals surface area contributed by atoms with Crippen LogP contribution in [0.2, 0.25) is 0 Å². The van der Waals surface area contributed by atoms with E-state index < -0.39 is 0 Å². The molecule has 0 saturated heterocycles. The van der Waals surface area contributed by atoms with Crippen molar-refractivity contribution in [2.24, 2.45) is 0 Å². The van der Waals surface area contributed by atoms with E-state index in [9.17, 15) is 0 Å². The van der Waals surface area contributed by atoms with Gasteiger partial charge in [0, 0.05) is 8.95 Å². The number of hydrogen-bond acceptors (Lipinski definition) is 0. The first-order valence-electron chi connectivity index (χ1n) is 12.4. The highest BCUT2D eigenvalue weighted by atomic mass is 79.9. The average Bonchev–Trinajstić information content (AvgIpc) is 3.17. The van der Waals surface area contributed by atoms with Crippen LogP contribution in [0.15, 0.2) is 99.0 Å². The van der Waals surface area contributed by atoms with Gasteiger partial charge in [0.15, 0.2) is 0 Å². The number of benzene rings is 3. The predicted molar refractivity (Wildman–Crippen MR) is 156 cm³/mol. The topological polar surface area (TPSA) is 0 Å². The summed E-state index contributed by atoms with van der Waals surface area (Å²) in [6, 6.07) is 26.2. The Balaban J connectivity index is 1.99. The summed E-state index contributed by atoms with van der Waals surface area (Å²) in [5.74, 6) is 0. The maximum atomic E-state index is 3.76. The van der Waals surface area contributed by atoms with E-state index in [0.717, 1.165) is 21.8 Å². The molecule has 0 spiro atoms. The number of allylic oxidation sites excluding steroid dienone is 4. The molecule has 0 saturated carbocycles. The first kappa shape index (κ1) is 24.9. The minimum Gasteiger partial charge on any atom is -0.0654 e. The zero-order valence-electron chi connectivity index (χ0n) is 20.1. The van der Waals surface area contributed by atoms with Crippen molar-refractivity contribution >= 4 is 49.1 Å². The highest BCUT2D eigenvalue weighted by Gasteiger charge is 2.28. The predicted octanol–water partition coefficient (Wildman–Crippen LogP) is 10.9. The Morgan fingerprint density at radius 1 is 0.706 bits per heavy atom. The molecule has 2 heteroatoms. The van der Waals surface area contributed by atoms with Gasteiger partial charge < -0.3 is 0 Å². The second kappa shape index (κ2) is 12.0. The maximum Gasteiger partial charge on any atom is 0.0181 e. The van der Waals surface area contributed by atoms with Crippen LogP contribution in [0.1, 0.15) is 74.6 Å². The Labute approximate surface area is 221 Å². The van der Waals surface area contributed by atoms with Gasteiger partial charge in [0.1, 0.15) is 0 Å². The Bertz CT molecular complexity index is 1200. The minimum absolute atomic E-state index is 1.11. The Kier molecular flexibility index (Phi) is 8.80. The van der Waals surface area contributed by atoms with E-state index in [1.165, 1.54) is 64.7 Å². The van der Waals surface area contributed by atoms with Crippen LogP contribution >= 0.6 is 31.9 Å². The molecule has 0 nitrogen and oxygen atoms in total. The van der Waals surface area contributed by atoms with E-state index in [0.29, 0.717) is 0 Å². The molecule has 4 rings (SSSR count). The number of fused-ring (bicyclic) bond motifs is 1. The van der Waals surface area contributed by atoms with Gasteiger partial charge in [-0.3, -0.25) is 0 Å². The summed E-state index contributed by atoms with van der Waals surface area (Å²) in [5, 5.41) is 0. The van der Waals surface area contributed by atoms with E-state index in [1.807, 2.05) is 0 Å². The summed E-state index contributed by atoms with van der Waals surface area (Å²) in [5.41, 5.74) is 10.9. The molecular weight excluding hydrogens is 544 g/mol. The Morgan fingerprint density at radius 3 is 2.00 bits per heavy atom. The minimum atomic E-state index is 1.11. The van der Waals surface area contributed by atoms with Crippen LogP contribution in [0.5, 0.6) is 0 Å². The SMILES string of the molecule is CCCCC(CCCC)=C1C(/C=C/c2ccccc2)=C(c2ccc(Br)cc2)c2ccc(Br)cc21. The molecule has 0 radical (unpaired) electrons. The molecule has 34 heavy (non-hydrogen) atoms. The van der Waals surface area contributed by atoms with Crippen molar-refractivity contribution in [1.82, 2.24) is 0 Å². The van der Waals surface area contributed by atoms with E-state index in [-0.39, 0.29) is 0 Å². The van der Waals surface area contributed by atoms with Crippen molar-refractivity contribution in [3.05, 3.63) is 121 Å². The number of halogens is 2. The van der Waals surface area contributed by atoms with Gasteiger partial charge in [0.05, 0.1) is 0 Å². The molecule has 0 heterocycles. The molecular formula is C32H32Br2. The molecule has 0 bridgehead atoms. The third-order valence-electron chi connectivity index (χ3n) is 6.45. The fourth-order valence-electron chi connectivity index (χ4n) is 4.73.